The predicted molar refractivity (Wildman–Crippen MR) is 125 cm³/mol. The van der Waals surface area contributed by atoms with Gasteiger partial charge >= 0.3 is 0 Å². The second-order valence-electron chi connectivity index (χ2n) is 8.16. The maximum Gasteiger partial charge on any atom is 0.300 e. The fourth-order valence-corrected chi connectivity index (χ4v) is 4.36. The third-order valence-corrected chi connectivity index (χ3v) is 6.21. The number of Topliss-reactive ketones (excluding diaryl/α,β-unsaturated/α-hetero) is 1. The van der Waals surface area contributed by atoms with E-state index in [1.807, 2.05) is 43.1 Å². The first kappa shape index (κ1) is 20.9. The van der Waals surface area contributed by atoms with Gasteiger partial charge in [-0.15, -0.1) is 0 Å². The number of benzene rings is 2. The van der Waals surface area contributed by atoms with Crippen molar-refractivity contribution in [3.05, 3.63) is 83.3 Å². The van der Waals surface area contributed by atoms with Gasteiger partial charge in [-0.25, -0.2) is 0 Å². The molecule has 1 amide bonds. The van der Waals surface area contributed by atoms with Gasteiger partial charge in [-0.2, -0.15) is 0 Å². The molecule has 1 N–H and O–H groups in total. The Morgan fingerprint density at radius 2 is 1.91 bits per heavy atom. The number of likely N-dealkylation sites (N-methyl/N-ethyl adjacent to an activating group) is 1. The normalized spacial score (nSPS) is 19.5. The van der Waals surface area contributed by atoms with E-state index in [-0.39, 0.29) is 11.3 Å². The van der Waals surface area contributed by atoms with E-state index in [1.165, 1.54) is 11.2 Å². The van der Waals surface area contributed by atoms with Crippen molar-refractivity contribution < 1.29 is 23.8 Å². The zero-order valence-corrected chi connectivity index (χ0v) is 18.4. The number of ketones is 1. The maximum absolute atomic E-state index is 13.2. The summed E-state index contributed by atoms with van der Waals surface area (Å²) < 4.78 is 11.3. The number of amides is 1. The van der Waals surface area contributed by atoms with Gasteiger partial charge in [0.15, 0.2) is 0 Å². The van der Waals surface area contributed by atoms with Crippen molar-refractivity contribution in [3.63, 3.8) is 0 Å². The van der Waals surface area contributed by atoms with Crippen molar-refractivity contribution >= 4 is 28.8 Å². The first-order chi connectivity index (χ1) is 16.0. The fourth-order valence-electron chi connectivity index (χ4n) is 4.36. The van der Waals surface area contributed by atoms with E-state index in [2.05, 4.69) is 0 Å². The number of carbonyl (C=O) groups excluding carboxylic acids is 2. The van der Waals surface area contributed by atoms with Gasteiger partial charge in [-0.3, -0.25) is 14.5 Å². The first-order valence-corrected chi connectivity index (χ1v) is 10.9. The molecule has 2 aliphatic heterocycles. The van der Waals surface area contributed by atoms with Crippen LogP contribution in [0.1, 0.15) is 29.9 Å². The molecule has 0 bridgehead atoms. The van der Waals surface area contributed by atoms with Crippen LogP contribution < -0.4 is 14.5 Å². The van der Waals surface area contributed by atoms with Gasteiger partial charge in [-0.05, 0) is 54.4 Å². The quantitative estimate of drug-likeness (QED) is 0.367. The molecule has 2 aromatic carbocycles. The van der Waals surface area contributed by atoms with Gasteiger partial charge in [-0.1, -0.05) is 19.1 Å². The number of ether oxygens (including phenoxy) is 1. The van der Waals surface area contributed by atoms with E-state index in [0.29, 0.717) is 35.9 Å². The number of rotatable bonds is 4. The zero-order chi connectivity index (χ0) is 23.1. The molecule has 3 heterocycles. The average Bonchev–Trinajstić information content (AvgIpc) is 3.46. The number of furan rings is 1. The summed E-state index contributed by atoms with van der Waals surface area (Å²) in [4.78, 5) is 29.8. The Balaban J connectivity index is 1.65. The largest absolute Gasteiger partial charge is 0.507 e. The summed E-state index contributed by atoms with van der Waals surface area (Å²) in [7, 11) is 1.94. The van der Waals surface area contributed by atoms with Crippen molar-refractivity contribution in [1.82, 2.24) is 0 Å². The van der Waals surface area contributed by atoms with E-state index in [4.69, 9.17) is 9.15 Å². The average molecular weight is 444 g/mol. The molecule has 1 aromatic heterocycles. The van der Waals surface area contributed by atoms with Crippen LogP contribution >= 0.6 is 0 Å². The molecule has 7 nitrogen and oxygen atoms in total. The van der Waals surface area contributed by atoms with Crippen molar-refractivity contribution in [1.29, 1.82) is 0 Å². The number of anilines is 2. The number of aryl methyl sites for hydroxylation is 1. The minimum absolute atomic E-state index is 0.00570. The van der Waals surface area contributed by atoms with Gasteiger partial charge < -0.3 is 19.2 Å². The predicted octanol–water partition coefficient (Wildman–Crippen LogP) is 4.30. The second kappa shape index (κ2) is 8.16. The van der Waals surface area contributed by atoms with Crippen molar-refractivity contribution in [2.24, 2.45) is 0 Å². The maximum atomic E-state index is 13.2. The summed E-state index contributed by atoms with van der Waals surface area (Å²) in [5.74, 6) is -0.603. The Morgan fingerprint density at radius 3 is 2.61 bits per heavy atom. The number of fused-ring (bicyclic) bond motifs is 1. The molecular formula is C26H24N2O5. The van der Waals surface area contributed by atoms with Crippen molar-refractivity contribution in [2.75, 3.05) is 30.0 Å². The first-order valence-electron chi connectivity index (χ1n) is 10.9. The Labute approximate surface area is 191 Å². The van der Waals surface area contributed by atoms with E-state index in [9.17, 15) is 14.7 Å². The van der Waals surface area contributed by atoms with Crippen molar-refractivity contribution in [2.45, 2.75) is 19.4 Å². The Morgan fingerprint density at radius 1 is 1.12 bits per heavy atom. The SMILES string of the molecule is CCc1ccc(N2C(=O)C(=O)/C(=C(\O)c3ccc4c(c3)N(C)CCO4)C2c2ccco2)cc1. The summed E-state index contributed by atoms with van der Waals surface area (Å²) >= 11 is 0. The summed E-state index contributed by atoms with van der Waals surface area (Å²) in [6, 6.07) is 15.2. The van der Waals surface area contributed by atoms with E-state index >= 15 is 0 Å². The van der Waals surface area contributed by atoms with E-state index in [1.54, 1.807) is 30.3 Å². The lowest BCUT2D eigenvalue weighted by molar-refractivity contribution is -0.132. The molecule has 1 saturated heterocycles. The highest BCUT2D eigenvalue weighted by atomic mass is 16.5. The standard InChI is InChI=1S/C26H24N2O5/c1-3-16-6-9-18(10-7-16)28-23(21-5-4-13-32-21)22(25(30)26(28)31)24(29)17-8-11-20-19(15-17)27(2)12-14-33-20/h4-11,13,15,23,29H,3,12,14H2,1-2H3/b24-22-. The zero-order valence-electron chi connectivity index (χ0n) is 18.4. The topological polar surface area (TPSA) is 83.2 Å². The van der Waals surface area contributed by atoms with Crippen LogP contribution in [-0.4, -0.2) is 37.0 Å². The number of nitrogens with zero attached hydrogens (tertiary/aromatic N) is 2. The molecule has 1 atom stereocenters. The van der Waals surface area contributed by atoms with E-state index in [0.717, 1.165) is 17.7 Å². The molecular weight excluding hydrogens is 420 g/mol. The molecule has 0 aliphatic carbocycles. The molecule has 2 aliphatic rings. The van der Waals surface area contributed by atoms with Crippen LogP contribution in [0, 0.1) is 0 Å². The summed E-state index contributed by atoms with van der Waals surface area (Å²) in [5.41, 5.74) is 2.92. The lowest BCUT2D eigenvalue weighted by Crippen LogP contribution is -2.29. The van der Waals surface area contributed by atoms with Crippen LogP contribution in [0.15, 0.2) is 70.9 Å². The van der Waals surface area contributed by atoms with Crippen molar-refractivity contribution in [3.8, 4) is 5.75 Å². The minimum atomic E-state index is -0.877. The molecule has 1 fully saturated rings. The number of hydrogen-bond donors (Lipinski definition) is 1. The van der Waals surface area contributed by atoms with Gasteiger partial charge in [0.05, 0.1) is 24.1 Å². The molecule has 0 saturated carbocycles. The molecule has 0 spiro atoms. The lowest BCUT2D eigenvalue weighted by Gasteiger charge is -2.28. The van der Waals surface area contributed by atoms with Gasteiger partial charge in [0.1, 0.15) is 29.9 Å². The summed E-state index contributed by atoms with van der Waals surface area (Å²) in [6.45, 7) is 3.34. The highest BCUT2D eigenvalue weighted by molar-refractivity contribution is 6.51. The lowest BCUT2D eigenvalue weighted by atomic mass is 9.98. The number of aliphatic hydroxyl groups excluding tert-OH is 1. The highest BCUT2D eigenvalue weighted by Crippen LogP contribution is 2.43. The summed E-state index contributed by atoms with van der Waals surface area (Å²) in [6.07, 6.45) is 2.35. The van der Waals surface area contributed by atoms with Gasteiger partial charge in [0, 0.05) is 18.3 Å². The Bertz CT molecular complexity index is 1240. The Kier molecular flexibility index (Phi) is 5.17. The number of aliphatic hydroxyl groups is 1. The van der Waals surface area contributed by atoms with Crippen LogP contribution in [0.4, 0.5) is 11.4 Å². The third kappa shape index (κ3) is 3.46. The smallest absolute Gasteiger partial charge is 0.300 e. The van der Waals surface area contributed by atoms with Crippen LogP contribution in [0.5, 0.6) is 5.75 Å². The second-order valence-corrected chi connectivity index (χ2v) is 8.16. The molecule has 7 heteroatoms. The van der Waals surface area contributed by atoms with Gasteiger partial charge in [0.2, 0.25) is 0 Å². The van der Waals surface area contributed by atoms with Crippen LogP contribution in [0.25, 0.3) is 5.76 Å². The minimum Gasteiger partial charge on any atom is -0.507 e. The third-order valence-electron chi connectivity index (χ3n) is 6.21. The molecule has 0 radical (unpaired) electrons. The van der Waals surface area contributed by atoms with Crippen LogP contribution in [-0.2, 0) is 16.0 Å². The fraction of sp³-hybridized carbons (Fsp3) is 0.231. The van der Waals surface area contributed by atoms with Crippen LogP contribution in [0.3, 0.4) is 0 Å². The molecule has 168 valence electrons. The number of carbonyl (C=O) groups is 2. The molecule has 5 rings (SSSR count). The molecule has 33 heavy (non-hydrogen) atoms. The monoisotopic (exact) mass is 444 g/mol. The van der Waals surface area contributed by atoms with Crippen LogP contribution in [0.2, 0.25) is 0 Å². The number of hydrogen-bond acceptors (Lipinski definition) is 6. The highest BCUT2D eigenvalue weighted by Gasteiger charge is 2.48. The van der Waals surface area contributed by atoms with E-state index < -0.39 is 17.7 Å². The summed E-state index contributed by atoms with van der Waals surface area (Å²) in [5, 5.41) is 11.3. The molecule has 3 aromatic rings. The Hall–Kier alpha value is -4.00. The molecule has 1 unspecified atom stereocenters. The van der Waals surface area contributed by atoms with Gasteiger partial charge in [0.25, 0.3) is 11.7 Å².